The van der Waals surface area contributed by atoms with E-state index < -0.39 is 0 Å². The molecule has 132 valence electrons. The number of nitrogens with zero attached hydrogens (tertiary/aromatic N) is 1. The fraction of sp³-hybridized carbons (Fsp3) is 0.474. The Labute approximate surface area is 155 Å². The molecular weight excluding hydrogens is 340 g/mol. The molecule has 0 radical (unpaired) electrons. The molecule has 3 nitrogen and oxygen atoms in total. The minimum absolute atomic E-state index is 0. The van der Waals surface area contributed by atoms with E-state index in [0.29, 0.717) is 12.0 Å². The van der Waals surface area contributed by atoms with E-state index in [1.807, 2.05) is 11.3 Å². The van der Waals surface area contributed by atoms with Crippen molar-refractivity contribution in [2.24, 2.45) is 0 Å². The Morgan fingerprint density at radius 2 is 2.08 bits per heavy atom. The van der Waals surface area contributed by atoms with E-state index in [-0.39, 0.29) is 12.4 Å². The first-order valence-electron chi connectivity index (χ1n) is 8.41. The zero-order valence-corrected chi connectivity index (χ0v) is 15.8. The summed E-state index contributed by atoms with van der Waals surface area (Å²) in [4.78, 5) is 3.86. The largest absolute Gasteiger partial charge is 0.375 e. The van der Waals surface area contributed by atoms with E-state index in [1.54, 1.807) is 0 Å². The van der Waals surface area contributed by atoms with Crippen LogP contribution in [0.2, 0.25) is 0 Å². The first-order chi connectivity index (χ1) is 11.3. The van der Waals surface area contributed by atoms with E-state index >= 15 is 0 Å². The Kier molecular flexibility index (Phi) is 8.22. The van der Waals surface area contributed by atoms with Gasteiger partial charge in [0.1, 0.15) is 0 Å². The fourth-order valence-electron chi connectivity index (χ4n) is 3.19. The van der Waals surface area contributed by atoms with Crippen molar-refractivity contribution >= 4 is 23.7 Å². The highest BCUT2D eigenvalue weighted by molar-refractivity contribution is 7.10. The minimum Gasteiger partial charge on any atom is -0.375 e. The first kappa shape index (κ1) is 19.4. The van der Waals surface area contributed by atoms with Crippen LogP contribution in [0.15, 0.2) is 47.8 Å². The summed E-state index contributed by atoms with van der Waals surface area (Å²) in [6, 6.07) is 15.1. The maximum Gasteiger partial charge on any atom is 0.0776 e. The molecule has 2 unspecified atom stereocenters. The summed E-state index contributed by atoms with van der Waals surface area (Å²) in [6.45, 7) is 4.85. The van der Waals surface area contributed by atoms with Crippen LogP contribution in [0.1, 0.15) is 22.8 Å². The van der Waals surface area contributed by atoms with Gasteiger partial charge < -0.3 is 15.0 Å². The molecule has 0 aliphatic carbocycles. The van der Waals surface area contributed by atoms with Crippen molar-refractivity contribution in [3.8, 4) is 0 Å². The van der Waals surface area contributed by atoms with Gasteiger partial charge in [-0.15, -0.1) is 23.7 Å². The summed E-state index contributed by atoms with van der Waals surface area (Å²) < 4.78 is 6.04. The van der Waals surface area contributed by atoms with Gasteiger partial charge in [0.25, 0.3) is 0 Å². The summed E-state index contributed by atoms with van der Waals surface area (Å²) >= 11 is 1.85. The summed E-state index contributed by atoms with van der Waals surface area (Å²) in [6.07, 6.45) is 1.43. The number of hydrogen-bond acceptors (Lipinski definition) is 4. The van der Waals surface area contributed by atoms with Gasteiger partial charge in [-0.3, -0.25) is 0 Å². The second-order valence-corrected chi connectivity index (χ2v) is 7.23. The first-order valence-corrected chi connectivity index (χ1v) is 9.29. The van der Waals surface area contributed by atoms with E-state index in [4.69, 9.17) is 4.74 Å². The molecule has 1 aromatic heterocycles. The normalized spacial score (nSPS) is 19.0. The molecule has 1 aromatic carbocycles. The second-order valence-electron chi connectivity index (χ2n) is 6.25. The SMILES string of the molecule is CN(CCC(c1cccs1)C1CNCCO1)Cc1ccccc1.Cl. The third-order valence-electron chi connectivity index (χ3n) is 4.43. The average Bonchev–Trinajstić information content (AvgIpc) is 3.11. The average molecular weight is 367 g/mol. The molecule has 0 bridgehead atoms. The number of rotatable bonds is 7. The van der Waals surface area contributed by atoms with E-state index in [9.17, 15) is 0 Å². The lowest BCUT2D eigenvalue weighted by Gasteiger charge is -2.31. The quantitative estimate of drug-likeness (QED) is 0.807. The molecule has 5 heteroatoms. The molecule has 2 aromatic rings. The fourth-order valence-corrected chi connectivity index (χ4v) is 4.11. The van der Waals surface area contributed by atoms with Crippen molar-refractivity contribution in [3.63, 3.8) is 0 Å². The molecule has 1 aliphatic rings. The number of nitrogens with one attached hydrogen (secondary N) is 1. The molecule has 24 heavy (non-hydrogen) atoms. The van der Waals surface area contributed by atoms with Gasteiger partial charge in [-0.2, -0.15) is 0 Å². The van der Waals surface area contributed by atoms with Gasteiger partial charge in [0.2, 0.25) is 0 Å². The summed E-state index contributed by atoms with van der Waals surface area (Å²) in [5.74, 6) is 0.487. The zero-order valence-electron chi connectivity index (χ0n) is 14.2. The number of thiophene rings is 1. The van der Waals surface area contributed by atoms with Crippen LogP contribution in [0.25, 0.3) is 0 Å². The standard InChI is InChI=1S/C19H26N2OS.ClH/c1-21(15-16-6-3-2-4-7-16)11-9-17(19-8-5-13-23-19)18-14-20-10-12-22-18;/h2-8,13,17-18,20H,9-12,14-15H2,1H3;1H. The van der Waals surface area contributed by atoms with E-state index in [2.05, 4.69) is 65.1 Å². The lowest BCUT2D eigenvalue weighted by molar-refractivity contribution is 0.00836. The summed E-state index contributed by atoms with van der Waals surface area (Å²) in [5.41, 5.74) is 1.37. The van der Waals surface area contributed by atoms with Crippen molar-refractivity contribution in [1.82, 2.24) is 10.2 Å². The zero-order chi connectivity index (χ0) is 15.9. The Bertz CT molecular complexity index is 558. The van der Waals surface area contributed by atoms with Crippen molar-refractivity contribution in [1.29, 1.82) is 0 Å². The lowest BCUT2D eigenvalue weighted by atomic mass is 9.95. The molecule has 1 saturated heterocycles. The van der Waals surface area contributed by atoms with Crippen LogP contribution in [0.3, 0.4) is 0 Å². The molecule has 1 N–H and O–H groups in total. The van der Waals surface area contributed by atoms with Crippen molar-refractivity contribution in [2.45, 2.75) is 25.0 Å². The molecule has 3 rings (SSSR count). The topological polar surface area (TPSA) is 24.5 Å². The number of morpholine rings is 1. The summed E-state index contributed by atoms with van der Waals surface area (Å²) in [7, 11) is 2.21. The van der Waals surface area contributed by atoms with Gasteiger partial charge >= 0.3 is 0 Å². The Morgan fingerprint density at radius 1 is 1.25 bits per heavy atom. The van der Waals surface area contributed by atoms with Gasteiger partial charge in [-0.1, -0.05) is 36.4 Å². The van der Waals surface area contributed by atoms with Gasteiger partial charge in [-0.25, -0.2) is 0 Å². The van der Waals surface area contributed by atoms with Crippen LogP contribution < -0.4 is 5.32 Å². The third kappa shape index (κ3) is 5.57. The maximum absolute atomic E-state index is 6.04. The molecule has 2 heterocycles. The van der Waals surface area contributed by atoms with Gasteiger partial charge in [-0.05, 0) is 37.0 Å². The third-order valence-corrected chi connectivity index (χ3v) is 5.44. The number of benzene rings is 1. The Balaban J connectivity index is 0.00000208. The van der Waals surface area contributed by atoms with Crippen molar-refractivity contribution in [2.75, 3.05) is 33.3 Å². The molecular formula is C19H27ClN2OS. The predicted octanol–water partition coefficient (Wildman–Crippen LogP) is 3.76. The molecule has 2 atom stereocenters. The van der Waals surface area contributed by atoms with Crippen LogP contribution >= 0.6 is 23.7 Å². The Morgan fingerprint density at radius 3 is 2.75 bits per heavy atom. The monoisotopic (exact) mass is 366 g/mol. The molecule has 1 aliphatic heterocycles. The van der Waals surface area contributed by atoms with Crippen molar-refractivity contribution in [3.05, 3.63) is 58.3 Å². The molecule has 1 fully saturated rings. The van der Waals surface area contributed by atoms with Gasteiger partial charge in [0, 0.05) is 30.4 Å². The van der Waals surface area contributed by atoms with Crippen LogP contribution in [-0.4, -0.2) is 44.3 Å². The number of ether oxygens (including phenoxy) is 1. The van der Waals surface area contributed by atoms with Gasteiger partial charge in [0.05, 0.1) is 12.7 Å². The van der Waals surface area contributed by atoms with Crippen LogP contribution in [0.5, 0.6) is 0 Å². The smallest absolute Gasteiger partial charge is 0.0776 e. The van der Waals surface area contributed by atoms with Crippen LogP contribution in [-0.2, 0) is 11.3 Å². The molecule has 0 amide bonds. The molecule has 0 spiro atoms. The minimum atomic E-state index is 0. The van der Waals surface area contributed by atoms with E-state index in [1.165, 1.54) is 10.4 Å². The number of hydrogen-bond donors (Lipinski definition) is 1. The van der Waals surface area contributed by atoms with Crippen LogP contribution in [0, 0.1) is 0 Å². The Hall–Kier alpha value is -0.910. The predicted molar refractivity (Wildman–Crippen MR) is 104 cm³/mol. The highest BCUT2D eigenvalue weighted by atomic mass is 35.5. The number of halogens is 1. The summed E-state index contributed by atoms with van der Waals surface area (Å²) in [5, 5.41) is 5.64. The van der Waals surface area contributed by atoms with Gasteiger partial charge in [0.15, 0.2) is 0 Å². The molecule has 0 saturated carbocycles. The van der Waals surface area contributed by atoms with E-state index in [0.717, 1.165) is 39.2 Å². The van der Waals surface area contributed by atoms with Crippen molar-refractivity contribution < 1.29 is 4.74 Å². The highest BCUT2D eigenvalue weighted by Gasteiger charge is 2.26. The maximum atomic E-state index is 6.04. The highest BCUT2D eigenvalue weighted by Crippen LogP contribution is 2.30. The van der Waals surface area contributed by atoms with Crippen LogP contribution in [0.4, 0.5) is 0 Å². The lowest BCUT2D eigenvalue weighted by Crippen LogP contribution is -2.42. The second kappa shape index (κ2) is 10.2.